The Balaban J connectivity index is 2.09. The van der Waals surface area contributed by atoms with Crippen LogP contribution in [0.3, 0.4) is 0 Å². The van der Waals surface area contributed by atoms with E-state index < -0.39 is 6.04 Å². The second kappa shape index (κ2) is 6.85. The van der Waals surface area contributed by atoms with Crippen LogP contribution in [0.4, 0.5) is 0 Å². The Kier molecular flexibility index (Phi) is 5.14. The number of aliphatic hydroxyl groups is 1. The lowest BCUT2D eigenvalue weighted by atomic mass is 9.93. The fraction of sp³-hybridized carbons (Fsp3) is 0.714. The molecule has 1 aliphatic rings. The van der Waals surface area contributed by atoms with Gasteiger partial charge in [-0.15, -0.1) is 0 Å². The van der Waals surface area contributed by atoms with Gasteiger partial charge in [-0.05, 0) is 12.8 Å². The molecule has 0 bridgehead atoms. The normalized spacial score (nSPS) is 17.9. The zero-order valence-corrected chi connectivity index (χ0v) is 12.0. The first-order valence-corrected chi connectivity index (χ1v) is 7.29. The quantitative estimate of drug-likeness (QED) is 0.826. The molecule has 1 aromatic heterocycles. The number of aliphatic hydroxyl groups excluding tert-OH is 1. The molecule has 1 unspecified atom stereocenters. The number of hydrogen-bond acceptors (Lipinski definition) is 4. The Morgan fingerprint density at radius 3 is 2.80 bits per heavy atom. The summed E-state index contributed by atoms with van der Waals surface area (Å²) in [6, 6.07) is -0.483. The molecule has 0 radical (unpaired) electrons. The molecule has 112 valence electrons. The van der Waals surface area contributed by atoms with Crippen molar-refractivity contribution in [1.82, 2.24) is 14.7 Å². The summed E-state index contributed by atoms with van der Waals surface area (Å²) in [5.74, 6) is -0.112. The van der Waals surface area contributed by atoms with E-state index in [1.54, 1.807) is 29.0 Å². The number of amides is 1. The van der Waals surface area contributed by atoms with E-state index in [0.717, 1.165) is 31.2 Å². The summed E-state index contributed by atoms with van der Waals surface area (Å²) in [6.45, 7) is 0.333. The molecule has 1 aromatic rings. The number of nitrogens with two attached hydrogens (primary N) is 1. The average molecular weight is 280 g/mol. The maximum atomic E-state index is 12.6. The van der Waals surface area contributed by atoms with Crippen LogP contribution in [-0.2, 0) is 11.8 Å². The van der Waals surface area contributed by atoms with Gasteiger partial charge < -0.3 is 15.7 Å². The predicted octanol–water partition coefficient (Wildman–Crippen LogP) is 0.573. The van der Waals surface area contributed by atoms with Gasteiger partial charge in [-0.25, -0.2) is 0 Å². The highest BCUT2D eigenvalue weighted by Crippen LogP contribution is 2.24. The fourth-order valence-corrected chi connectivity index (χ4v) is 2.90. The largest absolute Gasteiger partial charge is 0.395 e. The first-order chi connectivity index (χ1) is 9.63. The van der Waals surface area contributed by atoms with Gasteiger partial charge in [0.15, 0.2) is 0 Å². The van der Waals surface area contributed by atoms with Crippen LogP contribution < -0.4 is 5.73 Å². The van der Waals surface area contributed by atoms with Crippen molar-refractivity contribution in [2.75, 3.05) is 13.2 Å². The van der Waals surface area contributed by atoms with Crippen molar-refractivity contribution in [1.29, 1.82) is 0 Å². The lowest BCUT2D eigenvalue weighted by Crippen LogP contribution is -2.47. The number of aryl methyl sites for hydroxylation is 1. The molecule has 20 heavy (non-hydrogen) atoms. The summed E-state index contributed by atoms with van der Waals surface area (Å²) in [7, 11) is 1.80. The molecule has 1 amide bonds. The molecule has 1 atom stereocenters. The second-order valence-electron chi connectivity index (χ2n) is 5.47. The maximum Gasteiger partial charge on any atom is 0.244 e. The third-order valence-electron chi connectivity index (χ3n) is 3.99. The summed E-state index contributed by atoms with van der Waals surface area (Å²) < 4.78 is 1.64. The number of carbonyl (C=O) groups is 1. The van der Waals surface area contributed by atoms with E-state index in [4.69, 9.17) is 5.73 Å². The van der Waals surface area contributed by atoms with Crippen LogP contribution >= 0.6 is 0 Å². The van der Waals surface area contributed by atoms with Crippen molar-refractivity contribution in [3.63, 3.8) is 0 Å². The number of hydrogen-bond donors (Lipinski definition) is 2. The first-order valence-electron chi connectivity index (χ1n) is 7.29. The predicted molar refractivity (Wildman–Crippen MR) is 75.8 cm³/mol. The van der Waals surface area contributed by atoms with Gasteiger partial charge in [0, 0.05) is 31.4 Å². The van der Waals surface area contributed by atoms with Crippen molar-refractivity contribution in [3.05, 3.63) is 18.0 Å². The Labute approximate surface area is 119 Å². The number of carbonyl (C=O) groups excluding carboxylic acids is 1. The molecule has 2 rings (SSSR count). The second-order valence-corrected chi connectivity index (χ2v) is 5.47. The zero-order chi connectivity index (χ0) is 14.5. The summed E-state index contributed by atoms with van der Waals surface area (Å²) >= 11 is 0. The highest BCUT2D eigenvalue weighted by molar-refractivity contribution is 5.83. The Morgan fingerprint density at radius 2 is 2.25 bits per heavy atom. The van der Waals surface area contributed by atoms with Crippen LogP contribution in [0.25, 0.3) is 0 Å². The highest BCUT2D eigenvalue weighted by atomic mass is 16.3. The van der Waals surface area contributed by atoms with E-state index in [0.29, 0.717) is 6.54 Å². The number of nitrogens with zero attached hydrogens (tertiary/aromatic N) is 3. The molecule has 1 aliphatic carbocycles. The van der Waals surface area contributed by atoms with Crippen molar-refractivity contribution < 1.29 is 9.90 Å². The van der Waals surface area contributed by atoms with Crippen LogP contribution in [0.15, 0.2) is 12.4 Å². The fourth-order valence-electron chi connectivity index (χ4n) is 2.90. The van der Waals surface area contributed by atoms with Gasteiger partial charge >= 0.3 is 0 Å². The summed E-state index contributed by atoms with van der Waals surface area (Å²) in [6.07, 6.45) is 8.91. The van der Waals surface area contributed by atoms with Crippen molar-refractivity contribution in [2.24, 2.45) is 12.8 Å². The van der Waals surface area contributed by atoms with Crippen molar-refractivity contribution >= 4 is 5.91 Å². The van der Waals surface area contributed by atoms with E-state index >= 15 is 0 Å². The molecule has 1 saturated carbocycles. The van der Waals surface area contributed by atoms with Gasteiger partial charge in [-0.1, -0.05) is 19.3 Å². The lowest BCUT2D eigenvalue weighted by molar-refractivity contribution is -0.136. The average Bonchev–Trinajstić information content (AvgIpc) is 2.91. The van der Waals surface area contributed by atoms with Crippen LogP contribution in [-0.4, -0.2) is 44.9 Å². The summed E-state index contributed by atoms with van der Waals surface area (Å²) in [4.78, 5) is 14.4. The first kappa shape index (κ1) is 15.0. The molecular weight excluding hydrogens is 256 g/mol. The van der Waals surface area contributed by atoms with E-state index in [9.17, 15) is 9.90 Å². The molecular formula is C14H24N4O2. The topological polar surface area (TPSA) is 84.4 Å². The molecule has 6 nitrogen and oxygen atoms in total. The van der Waals surface area contributed by atoms with Gasteiger partial charge in [-0.2, -0.15) is 5.10 Å². The third kappa shape index (κ3) is 3.37. The van der Waals surface area contributed by atoms with E-state index in [-0.39, 0.29) is 18.6 Å². The van der Waals surface area contributed by atoms with Gasteiger partial charge in [-0.3, -0.25) is 9.48 Å². The molecule has 1 fully saturated rings. The van der Waals surface area contributed by atoms with Gasteiger partial charge in [0.1, 0.15) is 6.04 Å². The molecule has 0 saturated heterocycles. The molecule has 3 N–H and O–H groups in total. The monoisotopic (exact) mass is 280 g/mol. The number of aromatic nitrogens is 2. The minimum Gasteiger partial charge on any atom is -0.395 e. The summed E-state index contributed by atoms with van der Waals surface area (Å²) in [5, 5.41) is 13.3. The Bertz CT molecular complexity index is 440. The van der Waals surface area contributed by atoms with E-state index in [1.165, 1.54) is 6.42 Å². The molecule has 0 spiro atoms. The minimum absolute atomic E-state index is 0.0258. The molecule has 6 heteroatoms. The van der Waals surface area contributed by atoms with E-state index in [1.807, 2.05) is 0 Å². The van der Waals surface area contributed by atoms with Crippen LogP contribution in [0.5, 0.6) is 0 Å². The van der Waals surface area contributed by atoms with Crippen LogP contribution in [0.2, 0.25) is 0 Å². The SMILES string of the molecule is Cn1cc(C(N)C(=O)N(CCO)C2CCCCC2)cn1. The van der Waals surface area contributed by atoms with Gasteiger partial charge in [0.2, 0.25) is 5.91 Å². The smallest absolute Gasteiger partial charge is 0.244 e. The minimum atomic E-state index is -0.697. The van der Waals surface area contributed by atoms with Gasteiger partial charge in [0.05, 0.1) is 12.8 Å². The van der Waals surface area contributed by atoms with Gasteiger partial charge in [0.25, 0.3) is 0 Å². The Hall–Kier alpha value is -1.40. The van der Waals surface area contributed by atoms with E-state index in [2.05, 4.69) is 5.10 Å². The Morgan fingerprint density at radius 1 is 1.55 bits per heavy atom. The van der Waals surface area contributed by atoms with Crippen molar-refractivity contribution in [3.8, 4) is 0 Å². The van der Waals surface area contributed by atoms with Crippen LogP contribution in [0.1, 0.15) is 43.7 Å². The zero-order valence-electron chi connectivity index (χ0n) is 12.0. The standard InChI is InChI=1S/C14H24N4O2/c1-17-10-11(9-16-17)13(15)14(20)18(7-8-19)12-5-3-2-4-6-12/h9-10,12-13,19H,2-8,15H2,1H3. The summed E-state index contributed by atoms with van der Waals surface area (Å²) in [5.41, 5.74) is 6.78. The van der Waals surface area contributed by atoms with Crippen LogP contribution in [0, 0.1) is 0 Å². The van der Waals surface area contributed by atoms with Crippen molar-refractivity contribution in [2.45, 2.75) is 44.2 Å². The molecule has 1 heterocycles. The molecule has 0 aliphatic heterocycles. The number of rotatable bonds is 5. The third-order valence-corrected chi connectivity index (χ3v) is 3.99. The molecule has 0 aromatic carbocycles. The highest BCUT2D eigenvalue weighted by Gasteiger charge is 2.29. The lowest BCUT2D eigenvalue weighted by Gasteiger charge is -2.35. The maximum absolute atomic E-state index is 12.6.